The van der Waals surface area contributed by atoms with Crippen molar-refractivity contribution in [1.29, 1.82) is 0 Å². The Kier molecular flexibility index (Phi) is 3.35. The van der Waals surface area contributed by atoms with Crippen molar-refractivity contribution in [1.82, 2.24) is 9.97 Å². The SMILES string of the molecule is Cc1cc(N2CCS(=O)CC2)nc(NN)n1. The van der Waals surface area contributed by atoms with Crippen LogP contribution in [0.3, 0.4) is 0 Å². The van der Waals surface area contributed by atoms with Gasteiger partial charge in [0.05, 0.1) is 0 Å². The van der Waals surface area contributed by atoms with Crippen LogP contribution in [0.1, 0.15) is 5.69 Å². The Bertz CT molecular complexity index is 401. The predicted molar refractivity (Wildman–Crippen MR) is 64.7 cm³/mol. The molecule has 88 valence electrons. The topological polar surface area (TPSA) is 84.1 Å². The standard InChI is InChI=1S/C9H15N5OS/c1-7-6-8(12-9(11-7)13-10)14-2-4-16(15)5-3-14/h6H,2-5,10H2,1H3,(H,11,12,13). The zero-order valence-electron chi connectivity index (χ0n) is 9.14. The van der Waals surface area contributed by atoms with Crippen LogP contribution in [0.2, 0.25) is 0 Å². The van der Waals surface area contributed by atoms with Crippen LogP contribution in [0.25, 0.3) is 0 Å². The number of aromatic nitrogens is 2. The Morgan fingerprint density at radius 3 is 2.75 bits per heavy atom. The maximum Gasteiger partial charge on any atom is 0.239 e. The van der Waals surface area contributed by atoms with Gasteiger partial charge in [0.1, 0.15) is 5.82 Å². The molecule has 1 aromatic rings. The summed E-state index contributed by atoms with van der Waals surface area (Å²) in [7, 11) is -0.673. The molecular weight excluding hydrogens is 226 g/mol. The lowest BCUT2D eigenvalue weighted by molar-refractivity contribution is 0.672. The second kappa shape index (κ2) is 4.75. The number of hydrogen-bond donors (Lipinski definition) is 2. The first-order chi connectivity index (χ1) is 7.69. The molecule has 1 aliphatic rings. The molecule has 2 rings (SSSR count). The minimum Gasteiger partial charge on any atom is -0.355 e. The van der Waals surface area contributed by atoms with Crippen molar-refractivity contribution in [2.24, 2.45) is 5.84 Å². The summed E-state index contributed by atoms with van der Waals surface area (Å²) in [6.45, 7) is 3.44. The van der Waals surface area contributed by atoms with Gasteiger partial charge < -0.3 is 4.90 Å². The summed E-state index contributed by atoms with van der Waals surface area (Å²) < 4.78 is 11.2. The lowest BCUT2D eigenvalue weighted by atomic mass is 10.4. The van der Waals surface area contributed by atoms with E-state index in [0.29, 0.717) is 17.5 Å². The highest BCUT2D eigenvalue weighted by atomic mass is 32.2. The van der Waals surface area contributed by atoms with Gasteiger partial charge in [-0.05, 0) is 6.92 Å². The van der Waals surface area contributed by atoms with Gasteiger partial charge in [-0.15, -0.1) is 0 Å². The van der Waals surface area contributed by atoms with E-state index in [1.165, 1.54) is 0 Å². The van der Waals surface area contributed by atoms with E-state index >= 15 is 0 Å². The minimum absolute atomic E-state index is 0.418. The Hall–Kier alpha value is -1.21. The van der Waals surface area contributed by atoms with E-state index in [-0.39, 0.29) is 0 Å². The lowest BCUT2D eigenvalue weighted by Crippen LogP contribution is -2.38. The van der Waals surface area contributed by atoms with Crippen LogP contribution < -0.4 is 16.2 Å². The third-order valence-electron chi connectivity index (χ3n) is 2.47. The summed E-state index contributed by atoms with van der Waals surface area (Å²) in [5, 5.41) is 0. The second-order valence-corrected chi connectivity index (χ2v) is 5.37. The van der Waals surface area contributed by atoms with Crippen LogP contribution in [-0.4, -0.2) is 38.8 Å². The molecule has 6 nitrogen and oxygen atoms in total. The molecule has 1 aromatic heterocycles. The minimum atomic E-state index is -0.673. The van der Waals surface area contributed by atoms with Crippen LogP contribution in [0, 0.1) is 6.92 Å². The van der Waals surface area contributed by atoms with Crippen molar-refractivity contribution in [2.75, 3.05) is 34.9 Å². The van der Waals surface area contributed by atoms with Crippen molar-refractivity contribution in [2.45, 2.75) is 6.92 Å². The molecule has 0 atom stereocenters. The van der Waals surface area contributed by atoms with E-state index in [2.05, 4.69) is 20.3 Å². The van der Waals surface area contributed by atoms with Crippen molar-refractivity contribution in [3.63, 3.8) is 0 Å². The predicted octanol–water partition coefficient (Wildman–Crippen LogP) is -0.361. The summed E-state index contributed by atoms with van der Waals surface area (Å²) in [6, 6.07) is 1.91. The van der Waals surface area contributed by atoms with Gasteiger partial charge in [-0.1, -0.05) is 0 Å². The summed E-state index contributed by atoms with van der Waals surface area (Å²) in [5.41, 5.74) is 3.31. The lowest BCUT2D eigenvalue weighted by Gasteiger charge is -2.27. The van der Waals surface area contributed by atoms with Gasteiger partial charge in [-0.2, -0.15) is 4.98 Å². The first-order valence-electron chi connectivity index (χ1n) is 5.11. The highest BCUT2D eigenvalue weighted by molar-refractivity contribution is 7.85. The molecule has 0 amide bonds. The molecule has 0 bridgehead atoms. The maximum atomic E-state index is 11.2. The third-order valence-corrected chi connectivity index (χ3v) is 3.75. The van der Waals surface area contributed by atoms with E-state index < -0.39 is 10.8 Å². The van der Waals surface area contributed by atoms with E-state index in [9.17, 15) is 4.21 Å². The molecule has 0 spiro atoms. The van der Waals surface area contributed by atoms with E-state index in [1.807, 2.05) is 13.0 Å². The summed E-state index contributed by atoms with van der Waals surface area (Å²) >= 11 is 0. The fourth-order valence-corrected chi connectivity index (χ4v) is 2.70. The monoisotopic (exact) mass is 241 g/mol. The van der Waals surface area contributed by atoms with Gasteiger partial charge >= 0.3 is 0 Å². The molecule has 0 aliphatic carbocycles. The number of nitrogens with one attached hydrogen (secondary N) is 1. The second-order valence-electron chi connectivity index (χ2n) is 3.67. The van der Waals surface area contributed by atoms with Gasteiger partial charge in [0.2, 0.25) is 5.95 Å². The van der Waals surface area contributed by atoms with Crippen LogP contribution in [0.15, 0.2) is 6.07 Å². The summed E-state index contributed by atoms with van der Waals surface area (Å²) in [6.07, 6.45) is 0. The zero-order valence-corrected chi connectivity index (χ0v) is 9.96. The molecule has 0 saturated carbocycles. The molecule has 16 heavy (non-hydrogen) atoms. The van der Waals surface area contributed by atoms with E-state index in [1.54, 1.807) is 0 Å². The summed E-state index contributed by atoms with van der Waals surface area (Å²) in [5.74, 6) is 7.97. The molecule has 1 saturated heterocycles. The number of nitrogen functional groups attached to an aromatic ring is 1. The van der Waals surface area contributed by atoms with Crippen molar-refractivity contribution < 1.29 is 4.21 Å². The molecule has 3 N–H and O–H groups in total. The first-order valence-corrected chi connectivity index (χ1v) is 6.60. The fraction of sp³-hybridized carbons (Fsp3) is 0.556. The Morgan fingerprint density at radius 2 is 2.12 bits per heavy atom. The van der Waals surface area contributed by atoms with Crippen molar-refractivity contribution in [3.05, 3.63) is 11.8 Å². The quantitative estimate of drug-likeness (QED) is 0.543. The number of nitrogens with zero attached hydrogens (tertiary/aromatic N) is 3. The van der Waals surface area contributed by atoms with Gasteiger partial charge in [0.25, 0.3) is 0 Å². The number of anilines is 2. The molecule has 2 heterocycles. The normalized spacial score (nSPS) is 17.5. The fourth-order valence-electron chi connectivity index (χ4n) is 1.65. The molecule has 0 aromatic carbocycles. The molecule has 1 fully saturated rings. The molecular formula is C9H15N5OS. The highest BCUT2D eigenvalue weighted by Gasteiger charge is 2.17. The number of nitrogens with two attached hydrogens (primary N) is 1. The van der Waals surface area contributed by atoms with Crippen LogP contribution in [0.5, 0.6) is 0 Å². The van der Waals surface area contributed by atoms with Gasteiger partial charge in [-0.25, -0.2) is 10.8 Å². The van der Waals surface area contributed by atoms with E-state index in [0.717, 1.165) is 24.6 Å². The number of aryl methyl sites for hydroxylation is 1. The molecule has 0 unspecified atom stereocenters. The van der Waals surface area contributed by atoms with Gasteiger partial charge in [-0.3, -0.25) is 9.63 Å². The van der Waals surface area contributed by atoms with Crippen LogP contribution in [-0.2, 0) is 10.8 Å². The summed E-state index contributed by atoms with van der Waals surface area (Å²) in [4.78, 5) is 10.5. The molecule has 7 heteroatoms. The maximum absolute atomic E-state index is 11.2. The Labute approximate surface area is 96.7 Å². The smallest absolute Gasteiger partial charge is 0.239 e. The largest absolute Gasteiger partial charge is 0.355 e. The number of hydrazine groups is 1. The highest BCUT2D eigenvalue weighted by Crippen LogP contribution is 2.16. The Balaban J connectivity index is 2.19. The number of hydrogen-bond acceptors (Lipinski definition) is 6. The van der Waals surface area contributed by atoms with Gasteiger partial charge in [0.15, 0.2) is 0 Å². The van der Waals surface area contributed by atoms with Gasteiger partial charge in [0, 0.05) is 47.2 Å². The average Bonchev–Trinajstić information content (AvgIpc) is 2.29. The van der Waals surface area contributed by atoms with Crippen LogP contribution >= 0.6 is 0 Å². The van der Waals surface area contributed by atoms with Crippen molar-refractivity contribution in [3.8, 4) is 0 Å². The average molecular weight is 241 g/mol. The molecule has 1 aliphatic heterocycles. The Morgan fingerprint density at radius 1 is 1.44 bits per heavy atom. The third kappa shape index (κ3) is 2.48. The van der Waals surface area contributed by atoms with E-state index in [4.69, 9.17) is 5.84 Å². The molecule has 0 radical (unpaired) electrons. The van der Waals surface area contributed by atoms with Crippen LogP contribution in [0.4, 0.5) is 11.8 Å². The van der Waals surface area contributed by atoms with Crippen molar-refractivity contribution >= 4 is 22.6 Å². The number of rotatable bonds is 2. The first kappa shape index (κ1) is 11.3. The zero-order chi connectivity index (χ0) is 11.5.